The van der Waals surface area contributed by atoms with Crippen LogP contribution in [0.3, 0.4) is 0 Å². The van der Waals surface area contributed by atoms with Crippen LogP contribution in [0.15, 0.2) is 12.7 Å². The zero-order chi connectivity index (χ0) is 10.4. The molecule has 4 atom stereocenters. The number of carbonyl (C=O) groups is 1. The minimum atomic E-state index is -2.69. The van der Waals surface area contributed by atoms with Crippen molar-refractivity contribution in [2.45, 2.75) is 47.1 Å². The molecule has 1 spiro atoms. The third kappa shape index (κ3) is 0.0541. The van der Waals surface area contributed by atoms with Gasteiger partial charge in [0.25, 0.3) is 0 Å². The van der Waals surface area contributed by atoms with E-state index < -0.39 is 6.51 Å². The number of halogens is 1. The molecular weight excluding hydrogens is 263 g/mol. The van der Waals surface area contributed by atoms with E-state index >= 15 is 0 Å². The van der Waals surface area contributed by atoms with Crippen LogP contribution < -0.4 is 0 Å². The molecule has 16 heavy (non-hydrogen) atoms. The summed E-state index contributed by atoms with van der Waals surface area (Å²) in [6.07, 6.45) is 1.83. The number of fused-ring (bicyclic) bond motifs is 10. The van der Waals surface area contributed by atoms with E-state index in [0.717, 1.165) is 0 Å². The van der Waals surface area contributed by atoms with Crippen molar-refractivity contribution in [1.29, 1.82) is 0 Å². The van der Waals surface area contributed by atoms with Crippen LogP contribution >= 0.6 is 11.6 Å². The molecule has 10 fully saturated rings. The van der Waals surface area contributed by atoms with Crippen LogP contribution in [0.2, 0.25) is 43.3 Å². The Morgan fingerprint density at radius 1 is 1.00 bits per heavy atom. The molecule has 0 amide bonds. The van der Waals surface area contributed by atoms with Gasteiger partial charge >= 0.3 is 65.2 Å². The molecule has 0 bridgehead atoms. The van der Waals surface area contributed by atoms with E-state index in [4.69, 9.17) is 16.4 Å². The molecule has 0 aliphatic carbocycles. The van der Waals surface area contributed by atoms with Crippen molar-refractivity contribution in [3.05, 3.63) is 12.7 Å². The molecule has 0 aromatic carbocycles. The van der Waals surface area contributed by atoms with E-state index in [0.29, 0.717) is 10.1 Å². The molecule has 0 radical (unpaired) electrons. The number of hydrogen-bond acceptors (Lipinski definition) is 1. The summed E-state index contributed by atoms with van der Waals surface area (Å²) in [5, 5.41) is 0. The van der Waals surface area contributed by atoms with Gasteiger partial charge in [0.2, 0.25) is 0 Å². The monoisotopic (exact) mass is 276 g/mol. The number of allylic oxidation sites excluding steroid dienone is 1. The van der Waals surface area contributed by atoms with E-state index in [9.17, 15) is 0 Å². The van der Waals surface area contributed by atoms with E-state index in [2.05, 4.69) is 6.58 Å². The average Bonchev–Trinajstić information content (AvgIpc) is 3.23. The third-order valence-electron chi connectivity index (χ3n) is 14.6. The molecule has 10 saturated heterocycles. The molecule has 3 heteroatoms. The van der Waals surface area contributed by atoms with Crippen LogP contribution in [-0.2, 0) is 11.3 Å². The summed E-state index contributed by atoms with van der Waals surface area (Å²) >= 11 is 7.08. The van der Waals surface area contributed by atoms with E-state index in [1.54, 1.807) is 0 Å². The van der Waals surface area contributed by atoms with Gasteiger partial charge in [-0.05, 0) is 6.08 Å². The molecule has 10 aliphatic rings. The Morgan fingerprint density at radius 2 is 1.38 bits per heavy atom. The van der Waals surface area contributed by atoms with E-state index in [-0.39, 0.29) is 0 Å². The van der Waals surface area contributed by atoms with Crippen molar-refractivity contribution in [2.75, 3.05) is 0 Å². The normalized spacial score (nSPS) is 124. The van der Waals surface area contributed by atoms with Gasteiger partial charge in [-0.3, -0.25) is 4.79 Å². The second-order valence-corrected chi connectivity index (χ2v) is 34.4. The van der Waals surface area contributed by atoms with Gasteiger partial charge in [-0.1, -0.05) is 6.58 Å². The fourth-order valence-electron chi connectivity index (χ4n) is 15.9. The van der Waals surface area contributed by atoms with Crippen LogP contribution in [-0.4, -0.2) is 10.1 Å². The first-order chi connectivity index (χ1) is 7.46. The van der Waals surface area contributed by atoms with Crippen molar-refractivity contribution < 1.29 is 11.3 Å². The Hall–Kier alpha value is 0.219. The Kier molecular flexibility index (Phi) is 0.191. The molecule has 1 nitrogen and oxygen atoms in total. The number of aldehydes is 1. The molecule has 0 N–H and O–H groups in total. The van der Waals surface area contributed by atoms with Crippen molar-refractivity contribution in [3.63, 3.8) is 0 Å². The summed E-state index contributed by atoms with van der Waals surface area (Å²) in [7, 11) is 0. The van der Waals surface area contributed by atoms with E-state index in [1.165, 1.54) is 49.4 Å². The Morgan fingerprint density at radius 3 is 1.38 bits per heavy atom. The Bertz CT molecular complexity index is 844. The van der Waals surface area contributed by atoms with Crippen LogP contribution in [0.25, 0.3) is 0 Å². The first kappa shape index (κ1) is 6.40. The van der Waals surface area contributed by atoms with Gasteiger partial charge < -0.3 is 0 Å². The fourth-order valence-corrected chi connectivity index (χ4v) is 93.8. The van der Waals surface area contributed by atoms with Gasteiger partial charge in [0.1, 0.15) is 6.29 Å². The number of carbonyl (C=O) groups excluding carboxylic acids is 1. The maximum atomic E-state index is 9.06. The molecule has 10 aliphatic heterocycles. The maximum absolute atomic E-state index is 9.06. The summed E-state index contributed by atoms with van der Waals surface area (Å²) in [4.78, 5) is 21.7. The predicted molar refractivity (Wildman–Crippen MR) is 58.6 cm³/mol. The standard InChI is InChI=1S/C5H4Cl.C5H5.C3H4O.Fe/c6-5-3-1-2-4-5;1-2-4-5-3-1;1-2-3-4;/h1-4H;1-5H;2-3H,1H2;. The minimum absolute atomic E-state index is 0.639. The molecule has 0 aromatic heterocycles. The summed E-state index contributed by atoms with van der Waals surface area (Å²) in [5.41, 5.74) is 0. The van der Waals surface area contributed by atoms with Gasteiger partial charge in [0.15, 0.2) is 0 Å². The topological polar surface area (TPSA) is 17.1 Å². The number of hydrogen-bond donors (Lipinski definition) is 0. The van der Waals surface area contributed by atoms with Crippen LogP contribution in [0.4, 0.5) is 0 Å². The van der Waals surface area contributed by atoms with Gasteiger partial charge in [-0.25, -0.2) is 0 Å². The molecule has 0 aromatic rings. The van der Waals surface area contributed by atoms with Crippen molar-refractivity contribution in [1.82, 2.24) is 0 Å². The van der Waals surface area contributed by atoms with Gasteiger partial charge in [-0.15, -0.1) is 0 Å². The molecule has 4 unspecified atom stereocenters. The SMILES string of the molecule is C=CC=O.Cl[C]12[CH]3[CH]4[CH]5[CH]1[Fe]45321678[CH]2[CH]1[CH]6[CH]7[CH]28. The Balaban J connectivity index is 0.000000132. The first-order valence-electron chi connectivity index (χ1n) is 6.42. The molecule has 10 heterocycles. The number of alkyl halides is 1. The van der Waals surface area contributed by atoms with Crippen LogP contribution in [0.5, 0.6) is 0 Å². The third-order valence-corrected chi connectivity index (χ3v) is 60.0. The predicted octanol–water partition coefficient (Wildman–Crippen LogP) is 3.89. The van der Waals surface area contributed by atoms with Gasteiger partial charge in [0.05, 0.1) is 0 Å². The summed E-state index contributed by atoms with van der Waals surface area (Å²) < 4.78 is 0.666. The zero-order valence-corrected chi connectivity index (χ0v) is 10.6. The van der Waals surface area contributed by atoms with Gasteiger partial charge in [-0.2, -0.15) is 0 Å². The molecule has 0 saturated carbocycles. The van der Waals surface area contributed by atoms with Gasteiger partial charge in [0, 0.05) is 0 Å². The summed E-state index contributed by atoms with van der Waals surface area (Å²) in [5.74, 6) is 0. The van der Waals surface area contributed by atoms with Crippen molar-refractivity contribution in [3.8, 4) is 0 Å². The summed E-state index contributed by atoms with van der Waals surface area (Å²) in [6.45, 7) is 0.425. The van der Waals surface area contributed by atoms with Crippen molar-refractivity contribution in [2.24, 2.45) is 0 Å². The quantitative estimate of drug-likeness (QED) is 0.307. The second kappa shape index (κ2) is 0.478. The average molecular weight is 277 g/mol. The van der Waals surface area contributed by atoms with Crippen LogP contribution in [0, 0.1) is 0 Å². The number of rotatable bonds is 1. The molecule has 10 rings (SSSR count). The zero-order valence-electron chi connectivity index (χ0n) is 8.70. The molecule has 86 valence electrons. The molecular formula is C13H13ClFeO. The van der Waals surface area contributed by atoms with Crippen molar-refractivity contribution >= 4 is 17.9 Å². The second-order valence-electron chi connectivity index (χ2n) is 9.96. The fraction of sp³-hybridized carbons (Fsp3) is 0.769. The summed E-state index contributed by atoms with van der Waals surface area (Å²) in [6, 6.07) is 0. The Labute approximate surface area is 88.9 Å². The first-order valence-corrected chi connectivity index (χ1v) is 13.1. The van der Waals surface area contributed by atoms with E-state index in [1.807, 2.05) is 0 Å². The van der Waals surface area contributed by atoms with Crippen LogP contribution in [0.1, 0.15) is 0 Å².